The van der Waals surface area contributed by atoms with E-state index in [2.05, 4.69) is 26.2 Å². The number of nitrogens with zero attached hydrogens (tertiary/aromatic N) is 2. The van der Waals surface area contributed by atoms with E-state index in [1.54, 1.807) is 22.4 Å². The molecule has 1 atom stereocenters. The number of aromatic nitrogens is 1. The third-order valence-electron chi connectivity index (χ3n) is 2.15. The minimum Gasteiger partial charge on any atom is -0.320 e. The van der Waals surface area contributed by atoms with Crippen molar-refractivity contribution in [3.63, 3.8) is 0 Å². The lowest BCUT2D eigenvalue weighted by Crippen LogP contribution is -2.29. The van der Waals surface area contributed by atoms with Gasteiger partial charge in [-0.25, -0.2) is 4.98 Å². The third-order valence-corrected chi connectivity index (χ3v) is 3.68. The Morgan fingerprint density at radius 3 is 3.21 bits per heavy atom. The summed E-state index contributed by atoms with van der Waals surface area (Å²) < 4.78 is 0.990. The molecule has 1 aliphatic heterocycles. The second-order valence-electron chi connectivity index (χ2n) is 2.97. The molecule has 1 unspecified atom stereocenters. The van der Waals surface area contributed by atoms with Crippen LogP contribution < -0.4 is 5.32 Å². The fourth-order valence-corrected chi connectivity index (χ4v) is 2.85. The number of nitrogens with one attached hydrogen (secondary N) is 1. The van der Waals surface area contributed by atoms with Crippen LogP contribution in [-0.4, -0.2) is 28.9 Å². The first-order valence-corrected chi connectivity index (χ1v) is 5.97. The molecule has 76 valence electrons. The van der Waals surface area contributed by atoms with Crippen LogP contribution in [0.25, 0.3) is 0 Å². The molecule has 0 aliphatic carbocycles. The predicted octanol–water partition coefficient (Wildman–Crippen LogP) is 1.36. The highest BCUT2D eigenvalue weighted by Gasteiger charge is 2.31. The molecule has 1 saturated heterocycles. The van der Waals surface area contributed by atoms with Gasteiger partial charge in [-0.15, -0.1) is 11.3 Å². The molecule has 1 amide bonds. The summed E-state index contributed by atoms with van der Waals surface area (Å²) in [5.74, 6) is 0.142. The summed E-state index contributed by atoms with van der Waals surface area (Å²) in [4.78, 5) is 17.5. The quantitative estimate of drug-likeness (QED) is 0.887. The monoisotopic (exact) mass is 275 g/mol. The molecule has 1 aromatic rings. The average Bonchev–Trinajstić information content (AvgIpc) is 2.71. The molecule has 0 aromatic carbocycles. The Morgan fingerprint density at radius 2 is 2.64 bits per heavy atom. The molecule has 0 spiro atoms. The number of thiazole rings is 1. The van der Waals surface area contributed by atoms with Gasteiger partial charge in [-0.3, -0.25) is 10.1 Å². The van der Waals surface area contributed by atoms with Gasteiger partial charge in [0.1, 0.15) is 11.2 Å². The first-order chi connectivity index (χ1) is 6.72. The van der Waals surface area contributed by atoms with Crippen molar-refractivity contribution in [2.45, 2.75) is 13.1 Å². The smallest absolute Gasteiger partial charge is 0.238 e. The zero-order valence-corrected chi connectivity index (χ0v) is 10.1. The Balaban J connectivity index is 2.22. The fourth-order valence-electron chi connectivity index (χ4n) is 1.51. The number of hydrogen-bond donors (Lipinski definition) is 1. The zero-order chi connectivity index (χ0) is 10.1. The maximum absolute atomic E-state index is 11.4. The van der Waals surface area contributed by atoms with E-state index < -0.39 is 0 Å². The Kier molecular flexibility index (Phi) is 2.85. The second-order valence-corrected chi connectivity index (χ2v) is 5.41. The molecule has 14 heavy (non-hydrogen) atoms. The minimum atomic E-state index is -0.0381. The number of hydrogen-bond acceptors (Lipinski definition) is 4. The Morgan fingerprint density at radius 1 is 1.86 bits per heavy atom. The van der Waals surface area contributed by atoms with E-state index >= 15 is 0 Å². The Labute approximate surface area is 94.4 Å². The van der Waals surface area contributed by atoms with Crippen molar-refractivity contribution < 1.29 is 4.79 Å². The van der Waals surface area contributed by atoms with E-state index in [-0.39, 0.29) is 12.1 Å². The van der Waals surface area contributed by atoms with Gasteiger partial charge in [-0.05, 0) is 22.9 Å². The first-order valence-electron chi connectivity index (χ1n) is 4.36. The van der Waals surface area contributed by atoms with Crippen LogP contribution in [0.5, 0.6) is 0 Å². The normalized spacial score (nSPS) is 22.0. The van der Waals surface area contributed by atoms with Crippen LogP contribution in [-0.2, 0) is 4.79 Å². The lowest BCUT2D eigenvalue weighted by Gasteiger charge is -2.20. The van der Waals surface area contributed by atoms with E-state index in [0.717, 1.165) is 8.79 Å². The van der Waals surface area contributed by atoms with Crippen LogP contribution in [0.15, 0.2) is 9.98 Å². The summed E-state index contributed by atoms with van der Waals surface area (Å²) in [6.45, 7) is 3.10. The van der Waals surface area contributed by atoms with E-state index in [4.69, 9.17) is 0 Å². The van der Waals surface area contributed by atoms with Crippen molar-refractivity contribution >= 4 is 33.2 Å². The van der Waals surface area contributed by atoms with Crippen molar-refractivity contribution in [2.24, 2.45) is 0 Å². The number of amides is 1. The molecule has 4 nitrogen and oxygen atoms in total. The molecule has 6 heteroatoms. The van der Waals surface area contributed by atoms with E-state index in [1.165, 1.54) is 0 Å². The molecule has 1 aromatic heterocycles. The molecule has 1 N–H and O–H groups in total. The van der Waals surface area contributed by atoms with Gasteiger partial charge in [0.25, 0.3) is 0 Å². The van der Waals surface area contributed by atoms with Crippen LogP contribution in [0, 0.1) is 0 Å². The molecule has 1 aliphatic rings. The Hall–Kier alpha value is -0.460. The van der Waals surface area contributed by atoms with Gasteiger partial charge in [0.15, 0.2) is 0 Å². The van der Waals surface area contributed by atoms with Crippen LogP contribution in [0.1, 0.15) is 18.1 Å². The second kappa shape index (κ2) is 3.96. The van der Waals surface area contributed by atoms with Crippen LogP contribution in [0.2, 0.25) is 0 Å². The van der Waals surface area contributed by atoms with E-state index in [1.807, 2.05) is 6.92 Å². The SMILES string of the molecule is CCN1C(=O)CNC1c1ncc(Br)s1. The maximum Gasteiger partial charge on any atom is 0.238 e. The summed E-state index contributed by atoms with van der Waals surface area (Å²) in [7, 11) is 0. The molecule has 1 fully saturated rings. The maximum atomic E-state index is 11.4. The molecular weight excluding hydrogens is 266 g/mol. The molecule has 2 rings (SSSR count). The highest BCUT2D eigenvalue weighted by Crippen LogP contribution is 2.28. The topological polar surface area (TPSA) is 45.2 Å². The minimum absolute atomic E-state index is 0.0381. The van der Waals surface area contributed by atoms with Gasteiger partial charge in [0, 0.05) is 6.54 Å². The fraction of sp³-hybridized carbons (Fsp3) is 0.500. The van der Waals surface area contributed by atoms with Crippen molar-refractivity contribution in [3.8, 4) is 0 Å². The molecule has 0 saturated carbocycles. The number of rotatable bonds is 2. The summed E-state index contributed by atoms with van der Waals surface area (Å²) in [5, 5.41) is 4.08. The number of likely N-dealkylation sites (N-methyl/N-ethyl adjacent to an activating group) is 1. The standard InChI is InChI=1S/C8H10BrN3OS/c1-2-12-6(13)4-10-7(12)8-11-3-5(9)14-8/h3,7,10H,2,4H2,1H3. The molecule has 0 bridgehead atoms. The van der Waals surface area contributed by atoms with E-state index in [9.17, 15) is 4.79 Å². The molecular formula is C8H10BrN3OS. The van der Waals surface area contributed by atoms with E-state index in [0.29, 0.717) is 13.1 Å². The third kappa shape index (κ3) is 1.69. The summed E-state index contributed by atoms with van der Waals surface area (Å²) in [6, 6.07) is 0. The van der Waals surface area contributed by atoms with Gasteiger partial charge in [-0.2, -0.15) is 0 Å². The summed E-state index contributed by atoms with van der Waals surface area (Å²) in [5.41, 5.74) is 0. The van der Waals surface area contributed by atoms with Crippen molar-refractivity contribution in [3.05, 3.63) is 15.0 Å². The number of carbonyl (C=O) groups is 1. The van der Waals surface area contributed by atoms with Gasteiger partial charge in [-0.1, -0.05) is 0 Å². The van der Waals surface area contributed by atoms with Crippen molar-refractivity contribution in [1.82, 2.24) is 15.2 Å². The number of carbonyl (C=O) groups excluding carboxylic acids is 1. The highest BCUT2D eigenvalue weighted by atomic mass is 79.9. The van der Waals surface area contributed by atoms with Gasteiger partial charge < -0.3 is 4.90 Å². The predicted molar refractivity (Wildman–Crippen MR) is 57.9 cm³/mol. The highest BCUT2D eigenvalue weighted by molar-refractivity contribution is 9.11. The lowest BCUT2D eigenvalue weighted by molar-refractivity contribution is -0.127. The largest absolute Gasteiger partial charge is 0.320 e. The van der Waals surface area contributed by atoms with Gasteiger partial charge >= 0.3 is 0 Å². The van der Waals surface area contributed by atoms with Crippen LogP contribution >= 0.6 is 27.3 Å². The van der Waals surface area contributed by atoms with Crippen molar-refractivity contribution in [2.75, 3.05) is 13.1 Å². The average molecular weight is 276 g/mol. The van der Waals surface area contributed by atoms with Gasteiger partial charge in [0.05, 0.1) is 16.5 Å². The Bertz CT molecular complexity index is 354. The zero-order valence-electron chi connectivity index (χ0n) is 7.66. The van der Waals surface area contributed by atoms with Crippen LogP contribution in [0.3, 0.4) is 0 Å². The first kappa shape index (κ1) is 10.1. The summed E-state index contributed by atoms with van der Waals surface area (Å²) in [6.07, 6.45) is 1.72. The molecule has 0 radical (unpaired) electrons. The van der Waals surface area contributed by atoms with Crippen molar-refractivity contribution in [1.29, 1.82) is 0 Å². The summed E-state index contributed by atoms with van der Waals surface area (Å²) >= 11 is 4.92. The van der Waals surface area contributed by atoms with Gasteiger partial charge in [0.2, 0.25) is 5.91 Å². The van der Waals surface area contributed by atoms with Crippen LogP contribution in [0.4, 0.5) is 0 Å². The number of halogens is 1. The molecule has 2 heterocycles. The lowest BCUT2D eigenvalue weighted by atomic mass is 10.4.